The first-order valence-corrected chi connectivity index (χ1v) is 13.9. The van der Waals surface area contributed by atoms with E-state index in [0.29, 0.717) is 41.5 Å². The maximum absolute atomic E-state index is 13.9. The average Bonchev–Trinajstić information content (AvgIpc) is 3.16. The van der Waals surface area contributed by atoms with Gasteiger partial charge in [0.2, 0.25) is 5.75 Å². The molecular weight excluding hydrogens is 574 g/mol. The molecule has 0 N–H and O–H groups in total. The first-order valence-electron chi connectivity index (χ1n) is 13.9. The molecule has 0 atom stereocenters. The Hall–Kier alpha value is -4.74. The summed E-state index contributed by atoms with van der Waals surface area (Å²) in [6.07, 6.45) is 5.81. The summed E-state index contributed by atoms with van der Waals surface area (Å²) in [7, 11) is 4.61. The van der Waals surface area contributed by atoms with Gasteiger partial charge in [0.05, 0.1) is 33.9 Å². The van der Waals surface area contributed by atoms with Gasteiger partial charge in [-0.05, 0) is 47.5 Å². The van der Waals surface area contributed by atoms with Crippen LogP contribution < -0.4 is 14.2 Å². The number of ether oxygens (including phenoxy) is 5. The van der Waals surface area contributed by atoms with Crippen molar-refractivity contribution in [1.82, 2.24) is 9.80 Å². The smallest absolute Gasteiger partial charge is 0.335 e. The van der Waals surface area contributed by atoms with Crippen molar-refractivity contribution in [3.8, 4) is 17.2 Å². The molecule has 2 aliphatic rings. The summed E-state index contributed by atoms with van der Waals surface area (Å²) < 4.78 is 56.0. The third-order valence-electron chi connectivity index (χ3n) is 7.47. The maximum atomic E-state index is 13.9. The van der Waals surface area contributed by atoms with Crippen molar-refractivity contribution >= 4 is 18.0 Å². The number of rotatable bonds is 9. The van der Waals surface area contributed by atoms with Gasteiger partial charge in [0, 0.05) is 37.3 Å². The molecule has 5 rings (SSSR count). The number of piperazine rings is 1. The van der Waals surface area contributed by atoms with Crippen LogP contribution in [0.15, 0.2) is 78.9 Å². The summed E-state index contributed by atoms with van der Waals surface area (Å²) >= 11 is 0. The van der Waals surface area contributed by atoms with Crippen LogP contribution in [0.4, 0.5) is 8.78 Å². The highest BCUT2D eigenvalue weighted by Crippen LogP contribution is 2.41. The Morgan fingerprint density at radius 2 is 1.36 bits per heavy atom. The molecular formula is C33H32F2N2O7. The fourth-order valence-electron chi connectivity index (χ4n) is 5.50. The highest BCUT2D eigenvalue weighted by atomic mass is 19.1. The molecule has 44 heavy (non-hydrogen) atoms. The highest BCUT2D eigenvalue weighted by molar-refractivity contribution is 5.93. The number of hydrogen-bond donors (Lipinski definition) is 0. The number of esters is 2. The molecule has 3 aromatic carbocycles. The minimum absolute atomic E-state index is 0.00153. The van der Waals surface area contributed by atoms with Gasteiger partial charge >= 0.3 is 17.8 Å². The lowest BCUT2D eigenvalue weighted by Gasteiger charge is -2.50. The summed E-state index contributed by atoms with van der Waals surface area (Å²) in [4.78, 5) is 29.3. The monoisotopic (exact) mass is 606 g/mol. The molecule has 0 amide bonds. The van der Waals surface area contributed by atoms with Gasteiger partial charge in [0.1, 0.15) is 11.6 Å². The zero-order chi connectivity index (χ0) is 31.3. The maximum Gasteiger partial charge on any atom is 0.335 e. The molecule has 2 aliphatic heterocycles. The normalized spacial score (nSPS) is 17.0. The Morgan fingerprint density at radius 1 is 0.795 bits per heavy atom. The Labute approximate surface area is 253 Å². The van der Waals surface area contributed by atoms with Crippen LogP contribution in [0.2, 0.25) is 0 Å². The van der Waals surface area contributed by atoms with Crippen molar-refractivity contribution in [2.45, 2.75) is 12.0 Å². The summed E-state index contributed by atoms with van der Waals surface area (Å²) in [6, 6.07) is 14.6. The Kier molecular flexibility index (Phi) is 9.26. The fourth-order valence-corrected chi connectivity index (χ4v) is 5.50. The summed E-state index contributed by atoms with van der Waals surface area (Å²) in [5, 5.41) is 0. The zero-order valence-electron chi connectivity index (χ0n) is 24.5. The predicted molar refractivity (Wildman–Crippen MR) is 157 cm³/mol. The van der Waals surface area contributed by atoms with E-state index in [9.17, 15) is 18.4 Å². The SMILES string of the molecule is COc1ccc(/C=C/CN2CCN(C(c3ccc(F)cc3)c3ccc(F)cc3)C3(C2)OC(=O)C=CC(=O)O3)c(OC)c1OC. The lowest BCUT2D eigenvalue weighted by atomic mass is 9.95. The lowest BCUT2D eigenvalue weighted by molar-refractivity contribution is -0.306. The van der Waals surface area contributed by atoms with E-state index in [1.54, 1.807) is 49.5 Å². The molecule has 0 bridgehead atoms. The number of methoxy groups -OCH3 is 3. The highest BCUT2D eigenvalue weighted by Gasteiger charge is 2.52. The first kappa shape index (κ1) is 30.7. The molecule has 230 valence electrons. The van der Waals surface area contributed by atoms with E-state index in [0.717, 1.165) is 17.7 Å². The molecule has 11 heteroatoms. The van der Waals surface area contributed by atoms with Crippen molar-refractivity contribution in [2.75, 3.05) is 47.5 Å². The summed E-state index contributed by atoms with van der Waals surface area (Å²) in [6.45, 7) is 1.15. The van der Waals surface area contributed by atoms with E-state index in [-0.39, 0.29) is 13.1 Å². The van der Waals surface area contributed by atoms with Crippen LogP contribution in [0.3, 0.4) is 0 Å². The van der Waals surface area contributed by atoms with Gasteiger partial charge in [-0.1, -0.05) is 36.4 Å². The third kappa shape index (κ3) is 6.43. The van der Waals surface area contributed by atoms with Gasteiger partial charge in [-0.3, -0.25) is 4.90 Å². The lowest BCUT2D eigenvalue weighted by Crippen LogP contribution is -2.66. The van der Waals surface area contributed by atoms with E-state index in [2.05, 4.69) is 0 Å². The first-order chi connectivity index (χ1) is 21.3. The van der Waals surface area contributed by atoms with Crippen LogP contribution in [0.25, 0.3) is 6.08 Å². The van der Waals surface area contributed by atoms with Crippen LogP contribution in [0.1, 0.15) is 22.7 Å². The number of hydrogen-bond acceptors (Lipinski definition) is 9. The van der Waals surface area contributed by atoms with Gasteiger partial charge in [0.25, 0.3) is 0 Å². The molecule has 1 spiro atoms. The molecule has 3 aromatic rings. The van der Waals surface area contributed by atoms with Crippen LogP contribution in [-0.4, -0.2) is 75.2 Å². The minimum atomic E-state index is -1.85. The van der Waals surface area contributed by atoms with E-state index in [1.807, 2.05) is 23.1 Å². The molecule has 9 nitrogen and oxygen atoms in total. The Morgan fingerprint density at radius 3 is 1.89 bits per heavy atom. The summed E-state index contributed by atoms with van der Waals surface area (Å²) in [5.74, 6) is -2.73. The quantitative estimate of drug-likeness (QED) is 0.321. The Balaban J connectivity index is 1.48. The number of nitrogens with zero attached hydrogens (tertiary/aromatic N) is 2. The van der Waals surface area contributed by atoms with Gasteiger partial charge in [-0.15, -0.1) is 0 Å². The summed E-state index contributed by atoms with van der Waals surface area (Å²) in [5.41, 5.74) is 2.02. The van der Waals surface area contributed by atoms with Gasteiger partial charge in [0.15, 0.2) is 11.5 Å². The molecule has 1 saturated heterocycles. The molecule has 0 aromatic heterocycles. The van der Waals surface area contributed by atoms with E-state index < -0.39 is 35.5 Å². The Bertz CT molecular complexity index is 1490. The third-order valence-corrected chi connectivity index (χ3v) is 7.47. The number of halogens is 2. The van der Waals surface area contributed by atoms with Crippen LogP contribution in [-0.2, 0) is 19.1 Å². The van der Waals surface area contributed by atoms with Crippen molar-refractivity contribution < 1.29 is 42.1 Å². The second-order valence-electron chi connectivity index (χ2n) is 10.1. The van der Waals surface area contributed by atoms with Gasteiger partial charge in [-0.25, -0.2) is 23.3 Å². The van der Waals surface area contributed by atoms with Gasteiger partial charge < -0.3 is 23.7 Å². The van der Waals surface area contributed by atoms with Crippen molar-refractivity contribution in [1.29, 1.82) is 0 Å². The number of carbonyl (C=O) groups excluding carboxylic acids is 2. The van der Waals surface area contributed by atoms with Crippen molar-refractivity contribution in [3.05, 3.63) is 107 Å². The minimum Gasteiger partial charge on any atom is -0.493 e. The van der Waals surface area contributed by atoms with Crippen molar-refractivity contribution in [2.24, 2.45) is 0 Å². The number of carbonyl (C=O) groups is 2. The average molecular weight is 607 g/mol. The van der Waals surface area contributed by atoms with Crippen LogP contribution in [0, 0.1) is 11.6 Å². The topological polar surface area (TPSA) is 86.8 Å². The number of benzene rings is 3. The van der Waals surface area contributed by atoms with Crippen LogP contribution >= 0.6 is 0 Å². The fraction of sp³-hybridized carbons (Fsp3) is 0.273. The molecule has 0 radical (unpaired) electrons. The largest absolute Gasteiger partial charge is 0.493 e. The second kappa shape index (κ2) is 13.3. The molecule has 1 fully saturated rings. The second-order valence-corrected chi connectivity index (χ2v) is 10.1. The van der Waals surface area contributed by atoms with Gasteiger partial charge in [-0.2, -0.15) is 0 Å². The standard InChI is InChI=1S/C33H32F2N2O7/c1-40-27-15-10-24(31(41-2)32(27)42-3)5-4-18-36-19-20-37(33(21-36)43-28(38)16-17-29(39)44-33)30(22-6-11-25(34)12-7-22)23-8-13-26(35)14-9-23/h4-17,30H,18-21H2,1-3H3/b5-4+. The molecule has 0 aliphatic carbocycles. The molecule has 0 saturated carbocycles. The van der Waals surface area contributed by atoms with Crippen molar-refractivity contribution in [3.63, 3.8) is 0 Å². The van der Waals surface area contributed by atoms with E-state index in [4.69, 9.17) is 23.7 Å². The molecule has 2 heterocycles. The zero-order valence-corrected chi connectivity index (χ0v) is 24.5. The predicted octanol–water partition coefficient (Wildman–Crippen LogP) is 4.72. The van der Waals surface area contributed by atoms with E-state index in [1.165, 1.54) is 31.4 Å². The van der Waals surface area contributed by atoms with Crippen LogP contribution in [0.5, 0.6) is 17.2 Å². The van der Waals surface area contributed by atoms with E-state index >= 15 is 0 Å². The molecule has 0 unspecified atom stereocenters.